The molecule has 0 spiro atoms. The van der Waals surface area contributed by atoms with E-state index in [-0.39, 0.29) is 11.8 Å². The molecule has 6 heterocycles. The van der Waals surface area contributed by atoms with E-state index in [1.54, 1.807) is 31.1 Å². The molecule has 0 aromatic carbocycles. The van der Waals surface area contributed by atoms with Gasteiger partial charge in [-0.1, -0.05) is 13.8 Å². The van der Waals surface area contributed by atoms with Crippen LogP contribution in [-0.4, -0.2) is 41.0 Å². The summed E-state index contributed by atoms with van der Waals surface area (Å²) in [5.41, 5.74) is 7.34. The zero-order valence-electron chi connectivity index (χ0n) is 19.6. The van der Waals surface area contributed by atoms with Crippen LogP contribution >= 0.6 is 0 Å². The Morgan fingerprint density at radius 1 is 1.11 bits per heavy atom. The number of rotatable bonds is 6. The molecule has 3 N–H and O–H groups in total. The number of pyridine rings is 3. The summed E-state index contributed by atoms with van der Waals surface area (Å²) in [6.45, 7) is 4.01. The Labute approximate surface area is 205 Å². The van der Waals surface area contributed by atoms with Crippen molar-refractivity contribution in [3.63, 3.8) is 0 Å². The first-order chi connectivity index (χ1) is 17.5. The molecule has 0 unspecified atom stereocenters. The highest BCUT2D eigenvalue weighted by molar-refractivity contribution is 5.95. The third kappa shape index (κ3) is 3.98. The first kappa shape index (κ1) is 21.7. The van der Waals surface area contributed by atoms with Crippen LogP contribution in [0.25, 0.3) is 56.1 Å². The Morgan fingerprint density at radius 3 is 2.86 bits per heavy atom. The molecule has 0 fully saturated rings. The van der Waals surface area contributed by atoms with Gasteiger partial charge in [0.25, 0.3) is 0 Å². The number of nitrogens with zero attached hydrogens (tertiary/aromatic N) is 5. The summed E-state index contributed by atoms with van der Waals surface area (Å²) in [6, 6.07) is 9.46. The van der Waals surface area contributed by atoms with E-state index < -0.39 is 0 Å². The van der Waals surface area contributed by atoms with Crippen molar-refractivity contribution in [1.29, 1.82) is 0 Å². The lowest BCUT2D eigenvalue weighted by molar-refractivity contribution is -0.116. The summed E-state index contributed by atoms with van der Waals surface area (Å²) >= 11 is 0. The predicted molar refractivity (Wildman–Crippen MR) is 136 cm³/mol. The lowest BCUT2D eigenvalue weighted by Gasteiger charge is -2.08. The van der Waals surface area contributed by atoms with Crippen LogP contribution in [-0.2, 0) is 4.79 Å². The van der Waals surface area contributed by atoms with Gasteiger partial charge in [0.2, 0.25) is 5.91 Å². The van der Waals surface area contributed by atoms with Crippen molar-refractivity contribution in [1.82, 2.24) is 35.1 Å². The Balaban J connectivity index is 1.38. The molecule has 0 radical (unpaired) electrons. The second kappa shape index (κ2) is 8.73. The maximum Gasteiger partial charge on any atom is 0.224 e. The highest BCUT2D eigenvalue weighted by atomic mass is 16.3. The predicted octanol–water partition coefficient (Wildman–Crippen LogP) is 5.20. The van der Waals surface area contributed by atoms with Crippen LogP contribution in [0.3, 0.4) is 0 Å². The van der Waals surface area contributed by atoms with Crippen molar-refractivity contribution < 1.29 is 9.21 Å². The molecule has 0 saturated carbocycles. The van der Waals surface area contributed by atoms with E-state index in [4.69, 9.17) is 9.40 Å². The maximum atomic E-state index is 12.2. The molecule has 0 aliphatic carbocycles. The van der Waals surface area contributed by atoms with Crippen molar-refractivity contribution in [3.05, 3.63) is 61.4 Å². The van der Waals surface area contributed by atoms with Gasteiger partial charge < -0.3 is 14.7 Å². The highest BCUT2D eigenvalue weighted by Crippen LogP contribution is 2.31. The first-order valence-electron chi connectivity index (χ1n) is 11.5. The summed E-state index contributed by atoms with van der Waals surface area (Å²) in [4.78, 5) is 33.8. The fourth-order valence-electron chi connectivity index (χ4n) is 4.14. The molecule has 0 atom stereocenters. The lowest BCUT2D eigenvalue weighted by atomic mass is 10.1. The smallest absolute Gasteiger partial charge is 0.224 e. The average Bonchev–Trinajstić information content (AvgIpc) is 3.62. The fraction of sp³-hybridized carbons (Fsp3) is 0.154. The molecule has 10 nitrogen and oxygen atoms in total. The second-order valence-corrected chi connectivity index (χ2v) is 8.93. The van der Waals surface area contributed by atoms with Gasteiger partial charge in [-0.15, -0.1) is 0 Å². The number of H-pyrrole nitrogens is 2. The summed E-state index contributed by atoms with van der Waals surface area (Å²) in [6.07, 6.45) is 8.82. The summed E-state index contributed by atoms with van der Waals surface area (Å²) in [5.74, 6) is 0.781. The second-order valence-electron chi connectivity index (χ2n) is 8.93. The molecule has 0 aliphatic heterocycles. The average molecular weight is 479 g/mol. The van der Waals surface area contributed by atoms with Crippen LogP contribution in [0.4, 0.5) is 5.69 Å². The van der Waals surface area contributed by atoms with Crippen molar-refractivity contribution in [3.8, 4) is 33.9 Å². The fourth-order valence-corrected chi connectivity index (χ4v) is 4.14. The normalized spacial score (nSPS) is 11.5. The summed E-state index contributed by atoms with van der Waals surface area (Å²) in [5, 5.41) is 10.4. The molecule has 0 saturated heterocycles. The number of hydrogen-bond donors (Lipinski definition) is 3. The van der Waals surface area contributed by atoms with E-state index >= 15 is 0 Å². The van der Waals surface area contributed by atoms with Gasteiger partial charge >= 0.3 is 0 Å². The number of carbonyl (C=O) groups is 1. The number of hydrogen-bond acceptors (Lipinski definition) is 7. The number of imidazole rings is 1. The minimum Gasteiger partial charge on any atom is -0.472 e. The van der Waals surface area contributed by atoms with Crippen LogP contribution < -0.4 is 5.32 Å². The highest BCUT2D eigenvalue weighted by Gasteiger charge is 2.18. The number of furan rings is 1. The minimum absolute atomic E-state index is 0.0437. The topological polar surface area (TPSA) is 138 Å². The van der Waals surface area contributed by atoms with Gasteiger partial charge in [-0.2, -0.15) is 5.10 Å². The van der Waals surface area contributed by atoms with Gasteiger partial charge in [-0.05, 0) is 36.2 Å². The van der Waals surface area contributed by atoms with Gasteiger partial charge in [-0.3, -0.25) is 14.9 Å². The molecule has 1 amide bonds. The van der Waals surface area contributed by atoms with Crippen LogP contribution in [0.15, 0.2) is 65.9 Å². The lowest BCUT2D eigenvalue weighted by Crippen LogP contribution is -2.14. The van der Waals surface area contributed by atoms with Gasteiger partial charge in [0.05, 0.1) is 41.1 Å². The number of fused-ring (bicyclic) bond motifs is 2. The third-order valence-corrected chi connectivity index (χ3v) is 5.77. The molecule has 6 aromatic rings. The van der Waals surface area contributed by atoms with Gasteiger partial charge in [0.15, 0.2) is 17.2 Å². The number of nitrogens with one attached hydrogen (secondary N) is 3. The van der Waals surface area contributed by atoms with Crippen molar-refractivity contribution >= 4 is 33.8 Å². The van der Waals surface area contributed by atoms with Gasteiger partial charge in [0, 0.05) is 35.5 Å². The molecular formula is C26H22N8O2. The van der Waals surface area contributed by atoms with Crippen LogP contribution in [0.5, 0.6) is 0 Å². The molecular weight excluding hydrogens is 456 g/mol. The molecule has 6 aromatic heterocycles. The Hall–Kier alpha value is -4.86. The van der Waals surface area contributed by atoms with Crippen LogP contribution in [0, 0.1) is 5.92 Å². The molecule has 0 aliphatic rings. The van der Waals surface area contributed by atoms with E-state index in [0.717, 1.165) is 27.7 Å². The molecule has 178 valence electrons. The first-order valence-corrected chi connectivity index (χ1v) is 11.5. The molecule has 10 heteroatoms. The molecule has 6 rings (SSSR count). The maximum absolute atomic E-state index is 12.2. The SMILES string of the molecule is CC(C)CC(=O)Nc1cncc(-c2ccc3[nH]nc(-c4nc5nccc(-c6ccoc6)c5[nH]4)c3n2)c1. The van der Waals surface area contributed by atoms with Crippen molar-refractivity contribution in [2.24, 2.45) is 5.92 Å². The van der Waals surface area contributed by atoms with Crippen molar-refractivity contribution in [2.45, 2.75) is 20.3 Å². The van der Waals surface area contributed by atoms with Crippen LogP contribution in [0.2, 0.25) is 0 Å². The largest absolute Gasteiger partial charge is 0.472 e. The van der Waals surface area contributed by atoms with E-state index in [2.05, 4.69) is 35.5 Å². The van der Waals surface area contributed by atoms with E-state index in [1.165, 1.54) is 0 Å². The molecule has 36 heavy (non-hydrogen) atoms. The van der Waals surface area contributed by atoms with Gasteiger partial charge in [0.1, 0.15) is 5.52 Å². The Kier molecular flexibility index (Phi) is 5.25. The van der Waals surface area contributed by atoms with Crippen molar-refractivity contribution in [2.75, 3.05) is 5.32 Å². The quantitative estimate of drug-likeness (QED) is 0.299. The third-order valence-electron chi connectivity index (χ3n) is 5.77. The Bertz CT molecular complexity index is 1700. The zero-order chi connectivity index (χ0) is 24.6. The van der Waals surface area contributed by atoms with E-state index in [0.29, 0.717) is 40.5 Å². The zero-order valence-corrected chi connectivity index (χ0v) is 19.6. The van der Waals surface area contributed by atoms with Gasteiger partial charge in [-0.25, -0.2) is 15.0 Å². The number of anilines is 1. The number of aromatic amines is 2. The summed E-state index contributed by atoms with van der Waals surface area (Å²) in [7, 11) is 0. The Morgan fingerprint density at radius 2 is 2.03 bits per heavy atom. The number of aromatic nitrogens is 7. The summed E-state index contributed by atoms with van der Waals surface area (Å²) < 4.78 is 5.25. The monoisotopic (exact) mass is 478 g/mol. The minimum atomic E-state index is -0.0437. The standard InChI is InChI=1S/C26H22N8O2/c1-14(2)9-21(35)29-17-10-16(11-27-12-17)19-3-4-20-23(30-19)24(34-33-20)26-31-22-18(15-6-8-36-13-15)5-7-28-25(22)32-26/h3-8,10-14H,9H2,1-2H3,(H,29,35)(H,33,34)(H,28,31,32). The number of carbonyl (C=O) groups excluding carboxylic acids is 1. The van der Waals surface area contributed by atoms with Crippen LogP contribution in [0.1, 0.15) is 20.3 Å². The number of amides is 1. The van der Waals surface area contributed by atoms with E-state index in [1.807, 2.05) is 44.2 Å². The van der Waals surface area contributed by atoms with E-state index in [9.17, 15) is 4.79 Å². The molecule has 0 bridgehead atoms.